The molecule has 0 amide bonds. The first-order valence-electron chi connectivity index (χ1n) is 13.8. The number of aromatic hydroxyl groups is 1. The number of hydrogen-bond donors (Lipinski definition) is 3. The van der Waals surface area contributed by atoms with Crippen molar-refractivity contribution in [2.24, 2.45) is 0 Å². The third-order valence-electron chi connectivity index (χ3n) is 6.71. The lowest BCUT2D eigenvalue weighted by atomic mass is 10.2. The number of alkyl halides is 2. The summed E-state index contributed by atoms with van der Waals surface area (Å²) in [4.78, 5) is 8.20. The van der Waals surface area contributed by atoms with Gasteiger partial charge in [0.2, 0.25) is 0 Å². The van der Waals surface area contributed by atoms with Gasteiger partial charge < -0.3 is 9.84 Å². The number of aromatic nitrogens is 2. The summed E-state index contributed by atoms with van der Waals surface area (Å²) < 4.78 is 118. The van der Waals surface area contributed by atoms with Gasteiger partial charge in [-0.25, -0.2) is 27.5 Å². The molecule has 0 unspecified atom stereocenters. The lowest BCUT2D eigenvalue weighted by molar-refractivity contribution is 0.152. The Morgan fingerprint density at radius 3 is 1.70 bits per heavy atom. The quantitative estimate of drug-likeness (QED) is 0.0867. The van der Waals surface area contributed by atoms with Crippen LogP contribution in [0.5, 0.6) is 17.2 Å². The number of nitrogens with one attached hydrogen (secondary N) is 2. The topological polar surface area (TPSA) is 148 Å². The molecule has 6 rings (SSSR count). The number of phenolic OH excluding ortho intramolecular Hbond substituents is 1. The number of ether oxygens (including phenoxy) is 1. The van der Waals surface area contributed by atoms with E-state index in [0.717, 1.165) is 46.9 Å². The predicted octanol–water partition coefficient (Wildman–Crippen LogP) is 9.01. The maximum absolute atomic E-state index is 14.1. The smallest absolute Gasteiger partial charge is 0.280 e. The second-order valence-corrected chi connectivity index (χ2v) is 16.0. The molecule has 10 nitrogen and oxygen atoms in total. The number of nitrogens with zero attached hydrogens (tertiary/aromatic N) is 2. The molecule has 6 aromatic rings. The van der Waals surface area contributed by atoms with Crippen molar-refractivity contribution in [3.8, 4) is 38.4 Å². The maximum Gasteiger partial charge on any atom is 0.280 e. The summed E-state index contributed by atoms with van der Waals surface area (Å²) >= 11 is 5.07. The lowest BCUT2D eigenvalue weighted by Crippen LogP contribution is -2.15. The van der Waals surface area contributed by atoms with E-state index in [0.29, 0.717) is 16.1 Å². The minimum absolute atomic E-state index is 0.0661. The van der Waals surface area contributed by atoms with E-state index in [-0.39, 0.29) is 37.4 Å². The summed E-state index contributed by atoms with van der Waals surface area (Å²) in [5.41, 5.74) is -0.571. The number of phenols is 1. The predicted molar refractivity (Wildman–Crippen MR) is 184 cm³/mol. The Labute approximate surface area is 298 Å². The fourth-order valence-corrected chi connectivity index (χ4v) is 9.12. The summed E-state index contributed by atoms with van der Waals surface area (Å²) in [6.07, 6.45) is -3.15. The lowest BCUT2D eigenvalue weighted by Gasteiger charge is -2.17. The van der Waals surface area contributed by atoms with E-state index in [1.807, 2.05) is 0 Å². The fourth-order valence-electron chi connectivity index (χ4n) is 4.32. The summed E-state index contributed by atoms with van der Waals surface area (Å²) in [5, 5.41) is 12.3. The Hall–Kier alpha value is -4.56. The van der Waals surface area contributed by atoms with E-state index < -0.39 is 54.4 Å². The second-order valence-electron chi connectivity index (χ2n) is 10.2. The van der Waals surface area contributed by atoms with Crippen molar-refractivity contribution in [3.05, 3.63) is 111 Å². The highest BCUT2D eigenvalue weighted by Gasteiger charge is 2.26. The first-order valence-corrected chi connectivity index (χ1v) is 19.3. The van der Waals surface area contributed by atoms with Crippen molar-refractivity contribution in [1.82, 2.24) is 9.97 Å². The van der Waals surface area contributed by atoms with Crippen molar-refractivity contribution < 1.29 is 44.2 Å². The molecule has 50 heavy (non-hydrogen) atoms. The first-order chi connectivity index (χ1) is 23.7. The summed E-state index contributed by atoms with van der Waals surface area (Å²) in [5.74, 6) is -1.85. The van der Waals surface area contributed by atoms with Gasteiger partial charge in [0.15, 0.2) is 15.8 Å². The van der Waals surface area contributed by atoms with Crippen LogP contribution in [0.1, 0.15) is 12.0 Å². The minimum atomic E-state index is -4.54. The number of rotatable bonds is 11. The van der Waals surface area contributed by atoms with Crippen molar-refractivity contribution in [1.29, 1.82) is 0 Å². The average Bonchev–Trinajstić information content (AvgIpc) is 3.77. The van der Waals surface area contributed by atoms with Gasteiger partial charge in [0.05, 0.1) is 15.8 Å². The fraction of sp³-hybridized carbons (Fsp3) is 0.0323. The zero-order chi connectivity index (χ0) is 35.8. The van der Waals surface area contributed by atoms with Gasteiger partial charge in [-0.2, -0.15) is 16.8 Å². The highest BCUT2D eigenvalue weighted by atomic mass is 79.9. The Kier molecular flexibility index (Phi) is 9.86. The Balaban J connectivity index is 1.29. The van der Waals surface area contributed by atoms with Crippen molar-refractivity contribution in [3.63, 3.8) is 0 Å². The normalized spacial score (nSPS) is 11.9. The number of anilines is 2. The SMILES string of the molecule is O=S(=O)(Nc1ccc(O)cc1Oc1cc(NS(=O)(=O)c2csc(-c3ccc(F)cc3)n2)c(C(F)F)cc1Br)c1csc(-c2ccc(F)cc2)n1. The van der Waals surface area contributed by atoms with Crippen LogP contribution in [0.15, 0.2) is 104 Å². The van der Waals surface area contributed by atoms with E-state index in [1.165, 1.54) is 65.4 Å². The summed E-state index contributed by atoms with van der Waals surface area (Å²) in [6, 6.07) is 15.7. The van der Waals surface area contributed by atoms with Gasteiger partial charge in [0, 0.05) is 39.6 Å². The van der Waals surface area contributed by atoms with Gasteiger partial charge in [0.1, 0.15) is 33.1 Å². The molecule has 4 aromatic carbocycles. The first kappa shape index (κ1) is 35.3. The third kappa shape index (κ3) is 7.76. The highest BCUT2D eigenvalue weighted by Crippen LogP contribution is 2.42. The molecule has 0 saturated carbocycles. The second kappa shape index (κ2) is 14.0. The molecule has 0 aliphatic rings. The largest absolute Gasteiger partial charge is 0.508 e. The van der Waals surface area contributed by atoms with Crippen molar-refractivity contribution in [2.75, 3.05) is 9.44 Å². The molecular weight excluding hydrogens is 809 g/mol. The zero-order valence-corrected chi connectivity index (χ0v) is 29.5. The van der Waals surface area contributed by atoms with Crippen molar-refractivity contribution >= 4 is 70.0 Å². The average molecular weight is 828 g/mol. The van der Waals surface area contributed by atoms with Crippen LogP contribution in [0.4, 0.5) is 28.9 Å². The molecule has 0 spiro atoms. The monoisotopic (exact) mass is 826 g/mol. The molecule has 0 radical (unpaired) electrons. The summed E-state index contributed by atoms with van der Waals surface area (Å²) in [6.45, 7) is 0. The Morgan fingerprint density at radius 1 is 0.700 bits per heavy atom. The van der Waals surface area contributed by atoms with Crippen LogP contribution in [-0.2, 0) is 20.0 Å². The summed E-state index contributed by atoms with van der Waals surface area (Å²) in [7, 11) is -8.90. The van der Waals surface area contributed by atoms with Gasteiger partial charge in [-0.05, 0) is 82.7 Å². The molecule has 0 aliphatic heterocycles. The maximum atomic E-state index is 14.1. The number of sulfonamides is 2. The molecule has 0 fully saturated rings. The molecule has 3 N–H and O–H groups in total. The van der Waals surface area contributed by atoms with Crippen LogP contribution in [0, 0.1) is 11.6 Å². The van der Waals surface area contributed by atoms with Crippen LogP contribution < -0.4 is 14.2 Å². The molecule has 2 heterocycles. The standard InChI is InChI=1S/C31H19BrF4N4O6S4/c32-22-12-21(29(35)36)24(40-50(44,45)28-15-48-31(38-28)17-3-7-19(34)8-4-17)13-25(22)46-26-11-20(41)9-10-23(26)39-49(42,43)27-14-47-30(37-27)16-1-5-18(33)6-2-16/h1-15,29,39-41H. The number of hydrogen-bond acceptors (Lipinski definition) is 10. The number of halogens is 5. The Morgan fingerprint density at radius 2 is 1.20 bits per heavy atom. The van der Waals surface area contributed by atoms with E-state index >= 15 is 0 Å². The van der Waals surface area contributed by atoms with E-state index in [2.05, 4.69) is 35.3 Å². The zero-order valence-electron chi connectivity index (χ0n) is 24.6. The third-order valence-corrected chi connectivity index (χ3v) is 11.9. The van der Waals surface area contributed by atoms with E-state index in [1.54, 1.807) is 0 Å². The Bertz CT molecular complexity index is 2430. The molecule has 0 bridgehead atoms. The van der Waals surface area contributed by atoms with Crippen molar-refractivity contribution in [2.45, 2.75) is 16.5 Å². The molecular formula is C31H19BrF4N4O6S4. The number of thiazole rings is 2. The highest BCUT2D eigenvalue weighted by molar-refractivity contribution is 9.10. The van der Waals surface area contributed by atoms with Gasteiger partial charge in [-0.1, -0.05) is 0 Å². The van der Waals surface area contributed by atoms with Gasteiger partial charge in [-0.3, -0.25) is 9.44 Å². The molecule has 19 heteroatoms. The molecule has 258 valence electrons. The number of benzene rings is 4. The van der Waals surface area contributed by atoms with E-state index in [9.17, 15) is 39.5 Å². The van der Waals surface area contributed by atoms with Crippen LogP contribution in [-0.4, -0.2) is 31.9 Å². The molecule has 0 aliphatic carbocycles. The van der Waals surface area contributed by atoms with Crippen LogP contribution in [0.2, 0.25) is 0 Å². The van der Waals surface area contributed by atoms with Gasteiger partial charge in [0.25, 0.3) is 26.5 Å². The van der Waals surface area contributed by atoms with Gasteiger partial charge in [-0.15, -0.1) is 22.7 Å². The van der Waals surface area contributed by atoms with Gasteiger partial charge >= 0.3 is 0 Å². The molecule has 0 saturated heterocycles. The van der Waals surface area contributed by atoms with Crippen LogP contribution in [0.3, 0.4) is 0 Å². The minimum Gasteiger partial charge on any atom is -0.508 e. The molecule has 0 atom stereocenters. The molecule has 2 aromatic heterocycles. The van der Waals surface area contributed by atoms with E-state index in [4.69, 9.17) is 4.74 Å². The van der Waals surface area contributed by atoms with Crippen LogP contribution in [0.25, 0.3) is 21.1 Å². The van der Waals surface area contributed by atoms with Crippen LogP contribution >= 0.6 is 38.6 Å².